The van der Waals surface area contributed by atoms with Crippen molar-refractivity contribution in [3.63, 3.8) is 0 Å². The number of hydrogen-bond donors (Lipinski definition) is 2. The zero-order valence-electron chi connectivity index (χ0n) is 11.9. The van der Waals surface area contributed by atoms with Crippen LogP contribution in [-0.4, -0.2) is 15.9 Å². The van der Waals surface area contributed by atoms with Gasteiger partial charge < -0.3 is 10.4 Å². The molecule has 0 heterocycles. The highest BCUT2D eigenvalue weighted by Gasteiger charge is 2.21. The van der Waals surface area contributed by atoms with E-state index in [-0.39, 0.29) is 28.9 Å². The van der Waals surface area contributed by atoms with Crippen LogP contribution in [0.2, 0.25) is 0 Å². The maximum absolute atomic E-state index is 12.3. The van der Waals surface area contributed by atoms with Gasteiger partial charge in [-0.15, -0.1) is 0 Å². The molecule has 6 nitrogen and oxygen atoms in total. The molecule has 0 bridgehead atoms. The lowest BCUT2D eigenvalue weighted by Crippen LogP contribution is -2.23. The van der Waals surface area contributed by atoms with Gasteiger partial charge in [0, 0.05) is 18.1 Å². The van der Waals surface area contributed by atoms with Crippen LogP contribution in [0.5, 0.6) is 5.75 Å². The molecular formula is C15H20N2O4. The third-order valence-electron chi connectivity index (χ3n) is 3.92. The Labute approximate surface area is 123 Å². The maximum Gasteiger partial charge on any atom is 0.271 e. The van der Waals surface area contributed by atoms with Crippen LogP contribution in [0.3, 0.4) is 0 Å². The number of carbonyl (C=O) groups is 1. The highest BCUT2D eigenvalue weighted by atomic mass is 16.6. The molecule has 1 aromatic carbocycles. The van der Waals surface area contributed by atoms with E-state index in [1.807, 2.05) is 0 Å². The number of phenols is 1. The summed E-state index contributed by atoms with van der Waals surface area (Å²) in [6, 6.07) is 3.63. The van der Waals surface area contributed by atoms with Crippen molar-refractivity contribution in [3.8, 4) is 5.75 Å². The van der Waals surface area contributed by atoms with Crippen molar-refractivity contribution >= 4 is 17.3 Å². The molecule has 1 amide bonds. The van der Waals surface area contributed by atoms with Crippen molar-refractivity contribution in [2.45, 2.75) is 44.9 Å². The van der Waals surface area contributed by atoms with Crippen molar-refractivity contribution in [2.75, 3.05) is 5.32 Å². The Hall–Kier alpha value is -2.11. The van der Waals surface area contributed by atoms with E-state index in [2.05, 4.69) is 5.32 Å². The van der Waals surface area contributed by atoms with Gasteiger partial charge in [-0.1, -0.05) is 32.1 Å². The molecule has 0 unspecified atom stereocenters. The maximum atomic E-state index is 12.3. The van der Waals surface area contributed by atoms with Crippen molar-refractivity contribution in [1.82, 2.24) is 0 Å². The fraction of sp³-hybridized carbons (Fsp3) is 0.533. The topological polar surface area (TPSA) is 92.5 Å². The number of aromatic hydroxyl groups is 1. The summed E-state index contributed by atoms with van der Waals surface area (Å²) in [4.78, 5) is 22.5. The number of benzene rings is 1. The van der Waals surface area contributed by atoms with E-state index < -0.39 is 4.92 Å². The quantitative estimate of drug-likeness (QED) is 0.505. The van der Waals surface area contributed by atoms with Crippen LogP contribution in [-0.2, 0) is 4.79 Å². The van der Waals surface area contributed by atoms with Crippen molar-refractivity contribution in [3.05, 3.63) is 28.3 Å². The van der Waals surface area contributed by atoms with Gasteiger partial charge in [0.05, 0.1) is 10.6 Å². The normalized spacial score (nSPS) is 16.8. The molecule has 1 aromatic rings. The predicted molar refractivity (Wildman–Crippen MR) is 79.2 cm³/mol. The van der Waals surface area contributed by atoms with E-state index in [1.165, 1.54) is 24.6 Å². The van der Waals surface area contributed by atoms with Gasteiger partial charge in [0.1, 0.15) is 5.75 Å². The fourth-order valence-electron chi connectivity index (χ4n) is 2.69. The Bertz CT molecular complexity index is 522. The molecule has 0 saturated heterocycles. The number of nitrogens with zero attached hydrogens (tertiary/aromatic N) is 1. The summed E-state index contributed by atoms with van der Waals surface area (Å²) in [5, 5.41) is 23.1. The number of nitro benzene ring substituents is 1. The second-order valence-corrected chi connectivity index (χ2v) is 5.49. The Morgan fingerprint density at radius 1 is 1.19 bits per heavy atom. The third-order valence-corrected chi connectivity index (χ3v) is 3.92. The van der Waals surface area contributed by atoms with Crippen molar-refractivity contribution in [1.29, 1.82) is 0 Å². The van der Waals surface area contributed by atoms with Crippen LogP contribution >= 0.6 is 0 Å². The summed E-state index contributed by atoms with van der Waals surface area (Å²) in [5.74, 6) is -0.392. The second-order valence-electron chi connectivity index (χ2n) is 5.49. The molecule has 21 heavy (non-hydrogen) atoms. The van der Waals surface area contributed by atoms with Crippen LogP contribution in [0, 0.1) is 16.0 Å². The van der Waals surface area contributed by atoms with Gasteiger partial charge in [-0.25, -0.2) is 0 Å². The largest absolute Gasteiger partial charge is 0.506 e. The van der Waals surface area contributed by atoms with Gasteiger partial charge >= 0.3 is 0 Å². The molecule has 0 atom stereocenters. The Kier molecular flexibility index (Phi) is 5.14. The highest BCUT2D eigenvalue weighted by Crippen LogP contribution is 2.30. The molecule has 114 valence electrons. The minimum atomic E-state index is -0.551. The van der Waals surface area contributed by atoms with Crippen LogP contribution in [0.15, 0.2) is 18.2 Å². The summed E-state index contributed by atoms with van der Waals surface area (Å²) in [6.45, 7) is 0. The highest BCUT2D eigenvalue weighted by molar-refractivity contribution is 5.94. The minimum absolute atomic E-state index is 0.0797. The van der Waals surface area contributed by atoms with E-state index >= 15 is 0 Å². The van der Waals surface area contributed by atoms with Crippen LogP contribution in [0.1, 0.15) is 44.9 Å². The summed E-state index contributed by atoms with van der Waals surface area (Å²) in [6.07, 6.45) is 7.23. The van der Waals surface area contributed by atoms with E-state index in [4.69, 9.17) is 0 Å². The number of phenolic OH excluding ortho intramolecular Hbond substituents is 1. The van der Waals surface area contributed by atoms with Gasteiger partial charge in [-0.3, -0.25) is 14.9 Å². The monoisotopic (exact) mass is 292 g/mol. The summed E-state index contributed by atoms with van der Waals surface area (Å²) in [7, 11) is 0. The smallest absolute Gasteiger partial charge is 0.271 e. The van der Waals surface area contributed by atoms with E-state index in [9.17, 15) is 20.0 Å². The Morgan fingerprint density at radius 3 is 2.43 bits per heavy atom. The SMILES string of the molecule is O=C(Nc1cc([N+](=O)[O-])ccc1O)C1CCCCCCC1. The van der Waals surface area contributed by atoms with Gasteiger partial charge in [0.2, 0.25) is 5.91 Å². The Morgan fingerprint density at radius 2 is 1.81 bits per heavy atom. The average Bonchev–Trinajstić information content (AvgIpc) is 2.40. The molecule has 1 fully saturated rings. The molecule has 0 aliphatic heterocycles. The lowest BCUT2D eigenvalue weighted by atomic mass is 9.90. The van der Waals surface area contributed by atoms with Crippen LogP contribution < -0.4 is 5.32 Å². The van der Waals surface area contributed by atoms with E-state index in [1.54, 1.807) is 0 Å². The minimum Gasteiger partial charge on any atom is -0.506 e. The molecule has 0 radical (unpaired) electrons. The lowest BCUT2D eigenvalue weighted by Gasteiger charge is -2.19. The van der Waals surface area contributed by atoms with Gasteiger partial charge in [0.25, 0.3) is 5.69 Å². The van der Waals surface area contributed by atoms with Crippen molar-refractivity contribution in [2.24, 2.45) is 5.92 Å². The fourth-order valence-corrected chi connectivity index (χ4v) is 2.69. The first-order valence-corrected chi connectivity index (χ1v) is 7.36. The number of anilines is 1. The number of nitro groups is 1. The third kappa shape index (κ3) is 4.18. The first-order chi connectivity index (χ1) is 10.1. The molecule has 0 aromatic heterocycles. The molecule has 1 saturated carbocycles. The average molecular weight is 292 g/mol. The zero-order valence-corrected chi connectivity index (χ0v) is 11.9. The predicted octanol–water partition coefficient (Wildman–Crippen LogP) is 3.60. The van der Waals surface area contributed by atoms with Gasteiger partial charge in [-0.05, 0) is 18.9 Å². The first-order valence-electron chi connectivity index (χ1n) is 7.36. The number of non-ortho nitro benzene ring substituents is 1. The van der Waals surface area contributed by atoms with Crippen molar-refractivity contribution < 1.29 is 14.8 Å². The molecule has 2 N–H and O–H groups in total. The number of nitrogens with one attached hydrogen (secondary N) is 1. The number of rotatable bonds is 3. The molecule has 1 aliphatic rings. The summed E-state index contributed by atoms with van der Waals surface area (Å²) < 4.78 is 0. The summed E-state index contributed by atoms with van der Waals surface area (Å²) in [5.41, 5.74) is -0.0444. The molecule has 6 heteroatoms. The lowest BCUT2D eigenvalue weighted by molar-refractivity contribution is -0.384. The zero-order chi connectivity index (χ0) is 15.2. The molecule has 1 aliphatic carbocycles. The number of amides is 1. The summed E-state index contributed by atoms with van der Waals surface area (Å²) >= 11 is 0. The molecular weight excluding hydrogens is 272 g/mol. The standard InChI is InChI=1S/C15H20N2O4/c18-14-9-8-12(17(20)21)10-13(14)16-15(19)11-6-4-2-1-3-5-7-11/h8-11,18H,1-7H2,(H,16,19). The Balaban J connectivity index is 2.07. The first kappa shape index (κ1) is 15.3. The second kappa shape index (κ2) is 7.06. The molecule has 2 rings (SSSR count). The van der Waals surface area contributed by atoms with E-state index in [0.29, 0.717) is 0 Å². The number of carbonyl (C=O) groups excluding carboxylic acids is 1. The van der Waals surface area contributed by atoms with Crippen LogP contribution in [0.4, 0.5) is 11.4 Å². The van der Waals surface area contributed by atoms with Gasteiger partial charge in [-0.2, -0.15) is 0 Å². The van der Waals surface area contributed by atoms with Crippen LogP contribution in [0.25, 0.3) is 0 Å². The van der Waals surface area contributed by atoms with E-state index in [0.717, 1.165) is 38.5 Å². The van der Waals surface area contributed by atoms with Gasteiger partial charge in [0.15, 0.2) is 0 Å². The number of hydrogen-bond acceptors (Lipinski definition) is 4. The molecule has 0 spiro atoms.